The Balaban J connectivity index is 1.62. The number of carbonyl (C=O) groups is 2. The van der Waals surface area contributed by atoms with Crippen molar-refractivity contribution in [1.82, 2.24) is 4.98 Å². The molecule has 132 valence electrons. The third-order valence-electron chi connectivity index (χ3n) is 3.97. The smallest absolute Gasteiger partial charge is 0.231 e. The zero-order valence-corrected chi connectivity index (χ0v) is 15.1. The topological polar surface area (TPSA) is 71.5 Å². The van der Waals surface area contributed by atoms with E-state index in [1.54, 1.807) is 11.1 Å². The van der Waals surface area contributed by atoms with Crippen molar-refractivity contribution < 1.29 is 14.3 Å². The van der Waals surface area contributed by atoms with Crippen molar-refractivity contribution in [1.29, 1.82) is 0 Å². The molecule has 1 aromatic carbocycles. The molecule has 2 aromatic rings. The molecule has 1 saturated heterocycles. The second-order valence-corrected chi connectivity index (χ2v) is 7.25. The summed E-state index contributed by atoms with van der Waals surface area (Å²) < 4.78 is 5.55. The van der Waals surface area contributed by atoms with Gasteiger partial charge in [0.25, 0.3) is 0 Å². The first-order valence-corrected chi connectivity index (χ1v) is 9.15. The average molecular weight is 359 g/mol. The lowest BCUT2D eigenvalue weighted by atomic mass is 10.1. The molecular weight excluding hydrogens is 338 g/mol. The van der Waals surface area contributed by atoms with Gasteiger partial charge in [0.2, 0.25) is 11.8 Å². The van der Waals surface area contributed by atoms with Crippen LogP contribution in [0.4, 0.5) is 10.8 Å². The van der Waals surface area contributed by atoms with Gasteiger partial charge in [0.15, 0.2) is 5.13 Å². The van der Waals surface area contributed by atoms with Crippen LogP contribution in [0.3, 0.4) is 0 Å². The second-order valence-electron chi connectivity index (χ2n) is 6.01. The molecule has 1 N–H and O–H groups in total. The summed E-state index contributed by atoms with van der Waals surface area (Å²) in [6, 6.07) is 7.41. The Morgan fingerprint density at radius 1 is 1.40 bits per heavy atom. The van der Waals surface area contributed by atoms with Gasteiger partial charge in [-0.25, -0.2) is 4.98 Å². The van der Waals surface area contributed by atoms with Crippen LogP contribution < -0.4 is 15.0 Å². The lowest BCUT2D eigenvalue weighted by Crippen LogP contribution is -2.28. The van der Waals surface area contributed by atoms with E-state index in [0.29, 0.717) is 18.3 Å². The molecule has 1 atom stereocenters. The van der Waals surface area contributed by atoms with Crippen LogP contribution in [-0.2, 0) is 9.59 Å². The van der Waals surface area contributed by atoms with Gasteiger partial charge in [0, 0.05) is 29.7 Å². The van der Waals surface area contributed by atoms with E-state index in [1.807, 2.05) is 31.2 Å². The molecule has 1 fully saturated rings. The fourth-order valence-corrected chi connectivity index (χ4v) is 3.36. The second kappa shape index (κ2) is 7.65. The number of aromatic nitrogens is 1. The lowest BCUT2D eigenvalue weighted by molar-refractivity contribution is -0.122. The third kappa shape index (κ3) is 4.17. The Labute approximate surface area is 150 Å². The molecule has 0 spiro atoms. The maximum atomic E-state index is 12.4. The molecule has 7 heteroatoms. The zero-order valence-electron chi connectivity index (χ0n) is 14.3. The summed E-state index contributed by atoms with van der Waals surface area (Å²) in [7, 11) is 0. The first-order chi connectivity index (χ1) is 12.1. The summed E-state index contributed by atoms with van der Waals surface area (Å²) >= 11 is 1.43. The van der Waals surface area contributed by atoms with Gasteiger partial charge in [0.1, 0.15) is 5.75 Å². The molecule has 2 heterocycles. The molecule has 1 aliphatic rings. The fraction of sp³-hybridized carbons (Fsp3) is 0.389. The fourth-order valence-electron chi connectivity index (χ4n) is 2.69. The summed E-state index contributed by atoms with van der Waals surface area (Å²) in [5.41, 5.74) is 0.786. The van der Waals surface area contributed by atoms with Gasteiger partial charge in [-0.2, -0.15) is 0 Å². The number of carbonyl (C=O) groups excluding carboxylic acids is 2. The SMILES string of the molecule is CCCOc1ccc(N2C[C@@H](C(=O)Nc3ncc(C)s3)CC2=O)cc1. The quantitative estimate of drug-likeness (QED) is 0.859. The highest BCUT2D eigenvalue weighted by atomic mass is 32.1. The van der Waals surface area contributed by atoms with Crippen molar-refractivity contribution in [2.24, 2.45) is 5.92 Å². The number of ether oxygens (including phenoxy) is 1. The van der Waals surface area contributed by atoms with E-state index in [0.717, 1.165) is 22.7 Å². The minimum atomic E-state index is -0.368. The van der Waals surface area contributed by atoms with Crippen LogP contribution >= 0.6 is 11.3 Å². The zero-order chi connectivity index (χ0) is 17.8. The van der Waals surface area contributed by atoms with Crippen molar-refractivity contribution in [2.45, 2.75) is 26.7 Å². The number of amides is 2. The monoisotopic (exact) mass is 359 g/mol. The van der Waals surface area contributed by atoms with Crippen LogP contribution in [0, 0.1) is 12.8 Å². The van der Waals surface area contributed by atoms with Crippen molar-refractivity contribution in [3.63, 3.8) is 0 Å². The van der Waals surface area contributed by atoms with Crippen molar-refractivity contribution in [3.05, 3.63) is 35.3 Å². The number of aryl methyl sites for hydroxylation is 1. The molecule has 0 bridgehead atoms. The van der Waals surface area contributed by atoms with Crippen molar-refractivity contribution in [2.75, 3.05) is 23.4 Å². The van der Waals surface area contributed by atoms with Crippen molar-refractivity contribution in [3.8, 4) is 5.75 Å². The van der Waals surface area contributed by atoms with E-state index in [9.17, 15) is 9.59 Å². The van der Waals surface area contributed by atoms with E-state index in [-0.39, 0.29) is 24.2 Å². The number of nitrogens with zero attached hydrogens (tertiary/aromatic N) is 2. The molecular formula is C18H21N3O3S. The first-order valence-electron chi connectivity index (χ1n) is 8.33. The predicted molar refractivity (Wildman–Crippen MR) is 98.2 cm³/mol. The number of anilines is 2. The van der Waals surface area contributed by atoms with Gasteiger partial charge in [-0.3, -0.25) is 9.59 Å². The highest BCUT2D eigenvalue weighted by molar-refractivity contribution is 7.15. The van der Waals surface area contributed by atoms with Gasteiger partial charge in [0.05, 0.1) is 12.5 Å². The molecule has 0 saturated carbocycles. The summed E-state index contributed by atoms with van der Waals surface area (Å²) in [5, 5.41) is 3.37. The maximum absolute atomic E-state index is 12.4. The van der Waals surface area contributed by atoms with E-state index < -0.39 is 0 Å². The van der Waals surface area contributed by atoms with Crippen LogP contribution in [0.5, 0.6) is 5.75 Å². The Kier molecular flexibility index (Phi) is 5.33. The molecule has 1 aliphatic heterocycles. The van der Waals surface area contributed by atoms with Gasteiger partial charge in [-0.05, 0) is 37.6 Å². The van der Waals surface area contributed by atoms with Gasteiger partial charge >= 0.3 is 0 Å². The van der Waals surface area contributed by atoms with Crippen molar-refractivity contribution >= 4 is 34.0 Å². The van der Waals surface area contributed by atoms with Crippen LogP contribution in [0.1, 0.15) is 24.6 Å². The van der Waals surface area contributed by atoms with E-state index >= 15 is 0 Å². The van der Waals surface area contributed by atoms with Gasteiger partial charge in [-0.1, -0.05) is 6.92 Å². The first kappa shape index (κ1) is 17.4. The van der Waals surface area contributed by atoms with Gasteiger partial charge < -0.3 is 15.0 Å². The molecule has 2 amide bonds. The minimum Gasteiger partial charge on any atom is -0.494 e. The predicted octanol–water partition coefficient (Wildman–Crippen LogP) is 3.23. The number of hydrogen-bond donors (Lipinski definition) is 1. The van der Waals surface area contributed by atoms with E-state index in [2.05, 4.69) is 17.2 Å². The van der Waals surface area contributed by atoms with Crippen LogP contribution in [-0.4, -0.2) is 29.9 Å². The normalized spacial score (nSPS) is 17.0. The maximum Gasteiger partial charge on any atom is 0.231 e. The molecule has 3 rings (SSSR count). The summed E-state index contributed by atoms with van der Waals surface area (Å²) in [6.45, 7) is 5.03. The molecule has 0 radical (unpaired) electrons. The summed E-state index contributed by atoms with van der Waals surface area (Å²) in [4.78, 5) is 31.5. The third-order valence-corrected chi connectivity index (χ3v) is 4.80. The Bertz CT molecular complexity index is 757. The number of rotatable bonds is 6. The Morgan fingerprint density at radius 2 is 2.16 bits per heavy atom. The number of nitrogens with one attached hydrogen (secondary N) is 1. The van der Waals surface area contributed by atoms with E-state index in [1.165, 1.54) is 11.3 Å². The Morgan fingerprint density at radius 3 is 2.80 bits per heavy atom. The summed E-state index contributed by atoms with van der Waals surface area (Å²) in [6.07, 6.45) is 2.88. The molecule has 6 nitrogen and oxygen atoms in total. The molecule has 0 unspecified atom stereocenters. The highest BCUT2D eigenvalue weighted by Gasteiger charge is 2.35. The standard InChI is InChI=1S/C18H21N3O3S/c1-3-8-24-15-6-4-14(5-7-15)21-11-13(9-16(21)22)17(23)20-18-19-10-12(2)25-18/h4-7,10,13H,3,8-9,11H2,1-2H3,(H,19,20,23)/t13-/m0/s1. The number of thiazole rings is 1. The molecule has 25 heavy (non-hydrogen) atoms. The summed E-state index contributed by atoms with van der Waals surface area (Å²) in [5.74, 6) is 0.212. The highest BCUT2D eigenvalue weighted by Crippen LogP contribution is 2.28. The van der Waals surface area contributed by atoms with Crippen LogP contribution in [0.15, 0.2) is 30.5 Å². The average Bonchev–Trinajstić information content (AvgIpc) is 3.19. The van der Waals surface area contributed by atoms with Crippen LogP contribution in [0.25, 0.3) is 0 Å². The largest absolute Gasteiger partial charge is 0.494 e. The minimum absolute atomic E-state index is 0.0438. The number of benzene rings is 1. The molecule has 1 aromatic heterocycles. The Hall–Kier alpha value is -2.41. The number of hydrogen-bond acceptors (Lipinski definition) is 5. The van der Waals surface area contributed by atoms with E-state index in [4.69, 9.17) is 4.74 Å². The molecule has 0 aliphatic carbocycles. The lowest BCUT2D eigenvalue weighted by Gasteiger charge is -2.17. The van der Waals surface area contributed by atoms with Gasteiger partial charge in [-0.15, -0.1) is 11.3 Å². The van der Waals surface area contributed by atoms with Crippen LogP contribution in [0.2, 0.25) is 0 Å².